The Morgan fingerprint density at radius 1 is 1.53 bits per heavy atom. The Kier molecular flexibility index (Phi) is 3.26. The van der Waals surface area contributed by atoms with E-state index in [1.807, 2.05) is 6.92 Å². The molecule has 2 fully saturated rings. The highest BCUT2D eigenvalue weighted by Gasteiger charge is 2.42. The average Bonchev–Trinajstić information content (AvgIpc) is 3.02. The molecule has 1 heterocycles. The van der Waals surface area contributed by atoms with E-state index in [1.165, 1.54) is 7.11 Å². The summed E-state index contributed by atoms with van der Waals surface area (Å²) in [4.78, 5) is 13.9. The third kappa shape index (κ3) is 2.49. The van der Waals surface area contributed by atoms with Gasteiger partial charge < -0.3 is 9.47 Å². The second kappa shape index (κ2) is 4.49. The molecule has 1 saturated heterocycles. The number of carbonyl (C=O) groups is 1. The van der Waals surface area contributed by atoms with Gasteiger partial charge in [0.15, 0.2) is 0 Å². The second-order valence-electron chi connectivity index (χ2n) is 4.48. The smallest absolute Gasteiger partial charge is 0.323 e. The van der Waals surface area contributed by atoms with Gasteiger partial charge in [-0.3, -0.25) is 9.69 Å². The lowest BCUT2D eigenvalue weighted by molar-refractivity contribution is -0.151. The molecule has 0 bridgehead atoms. The Morgan fingerprint density at radius 3 is 2.80 bits per heavy atom. The summed E-state index contributed by atoms with van der Waals surface area (Å²) in [7, 11) is 1.47. The number of methoxy groups -OCH3 is 1. The minimum absolute atomic E-state index is 0.0265. The maximum atomic E-state index is 11.7. The fraction of sp³-hybridized carbons (Fsp3) is 0.909. The van der Waals surface area contributed by atoms with Crippen molar-refractivity contribution in [3.05, 3.63) is 0 Å². The van der Waals surface area contributed by atoms with Crippen LogP contribution in [0.1, 0.15) is 19.8 Å². The molecule has 1 aliphatic carbocycles. The highest BCUT2D eigenvalue weighted by molar-refractivity contribution is 5.76. The van der Waals surface area contributed by atoms with Crippen LogP contribution in [0.15, 0.2) is 0 Å². The fourth-order valence-corrected chi connectivity index (χ4v) is 2.27. The van der Waals surface area contributed by atoms with Crippen LogP contribution in [0.4, 0.5) is 0 Å². The topological polar surface area (TPSA) is 38.8 Å². The zero-order valence-corrected chi connectivity index (χ0v) is 9.44. The van der Waals surface area contributed by atoms with Crippen LogP contribution in [0, 0.1) is 5.92 Å². The molecule has 4 nitrogen and oxygen atoms in total. The molecule has 0 amide bonds. The first-order valence-corrected chi connectivity index (χ1v) is 5.66. The maximum Gasteiger partial charge on any atom is 0.323 e. The van der Waals surface area contributed by atoms with E-state index in [-0.39, 0.29) is 18.1 Å². The molecule has 2 rings (SSSR count). The Bertz CT molecular complexity index is 240. The summed E-state index contributed by atoms with van der Waals surface area (Å²) in [6, 6.07) is -0.0265. The third-order valence-corrected chi connectivity index (χ3v) is 3.18. The van der Waals surface area contributed by atoms with Crippen LogP contribution < -0.4 is 0 Å². The van der Waals surface area contributed by atoms with Crippen molar-refractivity contribution in [2.24, 2.45) is 5.92 Å². The molecule has 0 aromatic carbocycles. The molecule has 15 heavy (non-hydrogen) atoms. The van der Waals surface area contributed by atoms with Gasteiger partial charge in [0.05, 0.1) is 19.8 Å². The number of hydrogen-bond acceptors (Lipinski definition) is 4. The van der Waals surface area contributed by atoms with Crippen LogP contribution >= 0.6 is 0 Å². The highest BCUT2D eigenvalue weighted by atomic mass is 16.5. The van der Waals surface area contributed by atoms with Gasteiger partial charge in [-0.15, -0.1) is 0 Å². The minimum Gasteiger partial charge on any atom is -0.468 e. The molecular formula is C11H19NO3. The number of rotatable bonds is 3. The Hall–Kier alpha value is -0.610. The van der Waals surface area contributed by atoms with Gasteiger partial charge in [-0.2, -0.15) is 0 Å². The van der Waals surface area contributed by atoms with E-state index in [1.54, 1.807) is 0 Å². The van der Waals surface area contributed by atoms with E-state index in [0.29, 0.717) is 5.92 Å². The molecule has 2 unspecified atom stereocenters. The normalized spacial score (nSPS) is 29.9. The molecule has 0 spiro atoms. The summed E-state index contributed by atoms with van der Waals surface area (Å²) in [5.41, 5.74) is 0. The van der Waals surface area contributed by atoms with Crippen molar-refractivity contribution in [2.45, 2.75) is 31.9 Å². The minimum atomic E-state index is -0.0772. The highest BCUT2D eigenvalue weighted by Crippen LogP contribution is 2.36. The molecule has 0 N–H and O–H groups in total. The predicted molar refractivity (Wildman–Crippen MR) is 55.5 cm³/mol. The van der Waals surface area contributed by atoms with Crippen LogP contribution in [0.5, 0.6) is 0 Å². The molecule has 1 aliphatic heterocycles. The fourth-order valence-electron chi connectivity index (χ4n) is 2.27. The predicted octanol–water partition coefficient (Wildman–Crippen LogP) is 0.659. The first-order valence-electron chi connectivity index (χ1n) is 5.66. The van der Waals surface area contributed by atoms with Crippen molar-refractivity contribution >= 4 is 5.97 Å². The summed E-state index contributed by atoms with van der Waals surface area (Å²) in [6.07, 6.45) is 2.54. The molecule has 2 atom stereocenters. The summed E-state index contributed by atoms with van der Waals surface area (Å²) >= 11 is 0. The van der Waals surface area contributed by atoms with Crippen LogP contribution in [0.25, 0.3) is 0 Å². The Morgan fingerprint density at radius 2 is 2.27 bits per heavy atom. The van der Waals surface area contributed by atoms with Gasteiger partial charge in [0, 0.05) is 13.1 Å². The van der Waals surface area contributed by atoms with E-state index in [4.69, 9.17) is 9.47 Å². The Balaban J connectivity index is 1.99. The summed E-state index contributed by atoms with van der Waals surface area (Å²) in [6.45, 7) is 4.46. The summed E-state index contributed by atoms with van der Waals surface area (Å²) in [5.74, 6) is 0.439. The maximum absolute atomic E-state index is 11.7. The van der Waals surface area contributed by atoms with Gasteiger partial charge in [0.1, 0.15) is 6.04 Å². The summed E-state index contributed by atoms with van der Waals surface area (Å²) < 4.78 is 10.4. The zero-order valence-electron chi connectivity index (χ0n) is 9.44. The molecule has 2 aliphatic rings. The van der Waals surface area contributed by atoms with Crippen molar-refractivity contribution in [1.29, 1.82) is 0 Å². The van der Waals surface area contributed by atoms with E-state index >= 15 is 0 Å². The van der Waals surface area contributed by atoms with E-state index in [2.05, 4.69) is 4.90 Å². The number of carbonyl (C=O) groups excluding carboxylic acids is 1. The molecule has 0 radical (unpaired) electrons. The SMILES string of the molecule is COC(=O)C(C1CC1)N1CCOC(C)C1. The number of esters is 1. The third-order valence-electron chi connectivity index (χ3n) is 3.18. The van der Waals surface area contributed by atoms with Crippen LogP contribution in [0.3, 0.4) is 0 Å². The van der Waals surface area contributed by atoms with Gasteiger partial charge in [-0.05, 0) is 25.7 Å². The quantitative estimate of drug-likeness (QED) is 0.646. The van der Waals surface area contributed by atoms with Crippen molar-refractivity contribution in [1.82, 2.24) is 4.90 Å². The van der Waals surface area contributed by atoms with Crippen molar-refractivity contribution in [3.8, 4) is 0 Å². The monoisotopic (exact) mass is 213 g/mol. The molecule has 0 aromatic heterocycles. The lowest BCUT2D eigenvalue weighted by Crippen LogP contribution is -2.51. The van der Waals surface area contributed by atoms with E-state index in [9.17, 15) is 4.79 Å². The van der Waals surface area contributed by atoms with Crippen LogP contribution in [-0.2, 0) is 14.3 Å². The molecule has 4 heteroatoms. The van der Waals surface area contributed by atoms with Gasteiger partial charge in [0.25, 0.3) is 0 Å². The van der Waals surface area contributed by atoms with Crippen molar-refractivity contribution < 1.29 is 14.3 Å². The standard InChI is InChI=1S/C11H19NO3/c1-8-7-12(5-6-15-8)10(9-3-4-9)11(13)14-2/h8-10H,3-7H2,1-2H3. The first kappa shape index (κ1) is 10.9. The largest absolute Gasteiger partial charge is 0.468 e. The van der Waals surface area contributed by atoms with Gasteiger partial charge in [-0.1, -0.05) is 0 Å². The molecule has 0 aromatic rings. The lowest BCUT2D eigenvalue weighted by atomic mass is 10.1. The van der Waals surface area contributed by atoms with Crippen molar-refractivity contribution in [2.75, 3.05) is 26.8 Å². The van der Waals surface area contributed by atoms with Crippen molar-refractivity contribution in [3.63, 3.8) is 0 Å². The van der Waals surface area contributed by atoms with Crippen LogP contribution in [0.2, 0.25) is 0 Å². The van der Waals surface area contributed by atoms with E-state index < -0.39 is 0 Å². The number of nitrogens with zero attached hydrogens (tertiary/aromatic N) is 1. The van der Waals surface area contributed by atoms with Crippen LogP contribution in [-0.4, -0.2) is 49.8 Å². The second-order valence-corrected chi connectivity index (χ2v) is 4.48. The zero-order chi connectivity index (χ0) is 10.8. The Labute approximate surface area is 90.5 Å². The lowest BCUT2D eigenvalue weighted by Gasteiger charge is -2.35. The molecule has 86 valence electrons. The molecular weight excluding hydrogens is 194 g/mol. The van der Waals surface area contributed by atoms with Gasteiger partial charge in [0.2, 0.25) is 0 Å². The molecule has 1 saturated carbocycles. The van der Waals surface area contributed by atoms with Gasteiger partial charge >= 0.3 is 5.97 Å². The number of hydrogen-bond donors (Lipinski definition) is 0. The first-order chi connectivity index (χ1) is 7.22. The van der Waals surface area contributed by atoms with E-state index in [0.717, 1.165) is 32.5 Å². The number of ether oxygens (including phenoxy) is 2. The average molecular weight is 213 g/mol. The number of morpholine rings is 1. The van der Waals surface area contributed by atoms with Gasteiger partial charge in [-0.25, -0.2) is 0 Å². The summed E-state index contributed by atoms with van der Waals surface area (Å²) in [5, 5.41) is 0.